The van der Waals surface area contributed by atoms with Gasteiger partial charge in [-0.25, -0.2) is 0 Å². The summed E-state index contributed by atoms with van der Waals surface area (Å²) in [6, 6.07) is 3.19. The molecule has 0 atom stereocenters. The highest BCUT2D eigenvalue weighted by Crippen LogP contribution is 2.08. The van der Waals surface area contributed by atoms with Crippen LogP contribution in [-0.4, -0.2) is 28.6 Å². The first-order chi connectivity index (χ1) is 9.16. The Bertz CT molecular complexity index is 559. The van der Waals surface area contributed by atoms with Crippen molar-refractivity contribution in [3.8, 4) is 0 Å². The van der Waals surface area contributed by atoms with Crippen LogP contribution >= 0.6 is 0 Å². The number of anilines is 1. The van der Waals surface area contributed by atoms with Gasteiger partial charge in [0.25, 0.3) is 5.91 Å². The lowest BCUT2D eigenvalue weighted by Crippen LogP contribution is -2.27. The summed E-state index contributed by atoms with van der Waals surface area (Å²) in [6.45, 7) is 2.07. The number of carbonyl (C=O) groups excluding carboxylic acids is 2. The molecule has 0 radical (unpaired) electrons. The van der Waals surface area contributed by atoms with Gasteiger partial charge < -0.3 is 15.1 Å². The van der Waals surface area contributed by atoms with Crippen LogP contribution in [0.1, 0.15) is 22.5 Å². The minimum Gasteiger partial charge on any atom is -0.459 e. The third kappa shape index (κ3) is 3.44. The number of H-pyrrole nitrogens is 1. The van der Waals surface area contributed by atoms with E-state index in [0.29, 0.717) is 5.82 Å². The van der Waals surface area contributed by atoms with E-state index in [0.717, 1.165) is 5.56 Å². The molecule has 100 valence electrons. The van der Waals surface area contributed by atoms with Crippen LogP contribution in [0.3, 0.4) is 0 Å². The van der Waals surface area contributed by atoms with Gasteiger partial charge in [0.2, 0.25) is 5.91 Å². The van der Waals surface area contributed by atoms with Gasteiger partial charge in [0.05, 0.1) is 12.5 Å². The van der Waals surface area contributed by atoms with Crippen molar-refractivity contribution >= 4 is 17.6 Å². The number of furan rings is 1. The highest BCUT2D eigenvalue weighted by atomic mass is 16.3. The molecule has 0 unspecified atom stereocenters. The van der Waals surface area contributed by atoms with Crippen LogP contribution in [0.4, 0.5) is 5.82 Å². The third-order valence-electron chi connectivity index (χ3n) is 2.48. The lowest BCUT2D eigenvalue weighted by atomic mass is 10.3. The van der Waals surface area contributed by atoms with Crippen molar-refractivity contribution in [3.05, 3.63) is 35.9 Å². The fourth-order valence-electron chi connectivity index (χ4n) is 1.46. The Morgan fingerprint density at radius 3 is 2.95 bits per heavy atom. The topological polar surface area (TPSA) is 100 Å². The van der Waals surface area contributed by atoms with Crippen molar-refractivity contribution < 1.29 is 14.0 Å². The summed E-state index contributed by atoms with van der Waals surface area (Å²) in [6.07, 6.45) is 3.21. The van der Waals surface area contributed by atoms with Crippen LogP contribution in [0.15, 0.2) is 29.0 Å². The van der Waals surface area contributed by atoms with E-state index in [2.05, 4.69) is 20.8 Å². The summed E-state index contributed by atoms with van der Waals surface area (Å²) in [5, 5.41) is 11.7. The summed E-state index contributed by atoms with van der Waals surface area (Å²) in [7, 11) is 0. The molecule has 2 amide bonds. The van der Waals surface area contributed by atoms with Gasteiger partial charge in [-0.3, -0.25) is 14.7 Å². The number of nitrogens with one attached hydrogen (secondary N) is 3. The first-order valence-corrected chi connectivity index (χ1v) is 5.78. The number of hydrogen-bond acceptors (Lipinski definition) is 4. The molecule has 2 aromatic heterocycles. The van der Waals surface area contributed by atoms with Crippen LogP contribution in [0.2, 0.25) is 0 Å². The first kappa shape index (κ1) is 12.9. The molecular formula is C12H14N4O3. The van der Waals surface area contributed by atoms with Gasteiger partial charge >= 0.3 is 0 Å². The number of aromatic amines is 1. The maximum Gasteiger partial charge on any atom is 0.286 e. The maximum atomic E-state index is 11.6. The SMILES string of the molecule is Cc1cn[nH]c1NC(=O)CCNC(=O)c1ccco1. The monoisotopic (exact) mass is 262 g/mol. The molecule has 7 nitrogen and oxygen atoms in total. The minimum absolute atomic E-state index is 0.172. The first-order valence-electron chi connectivity index (χ1n) is 5.78. The largest absolute Gasteiger partial charge is 0.459 e. The zero-order chi connectivity index (χ0) is 13.7. The maximum absolute atomic E-state index is 11.6. The number of aryl methyl sites for hydroxylation is 1. The molecule has 2 heterocycles. The Kier molecular flexibility index (Phi) is 3.97. The molecule has 7 heteroatoms. The third-order valence-corrected chi connectivity index (χ3v) is 2.48. The Morgan fingerprint density at radius 1 is 1.47 bits per heavy atom. The normalized spacial score (nSPS) is 10.2. The predicted octanol–water partition coefficient (Wildman–Crippen LogP) is 1.07. The Labute approximate surface area is 109 Å². The van der Waals surface area contributed by atoms with Crippen LogP contribution in [0, 0.1) is 6.92 Å². The highest BCUT2D eigenvalue weighted by Gasteiger charge is 2.09. The summed E-state index contributed by atoms with van der Waals surface area (Å²) < 4.78 is 4.93. The quantitative estimate of drug-likeness (QED) is 0.750. The molecule has 0 aromatic carbocycles. The van der Waals surface area contributed by atoms with Crippen molar-refractivity contribution in [2.24, 2.45) is 0 Å². The van der Waals surface area contributed by atoms with Crippen molar-refractivity contribution in [1.29, 1.82) is 0 Å². The average Bonchev–Trinajstić information content (AvgIpc) is 3.02. The van der Waals surface area contributed by atoms with Gasteiger partial charge in [-0.2, -0.15) is 5.10 Å². The number of carbonyl (C=O) groups is 2. The van der Waals surface area contributed by atoms with Gasteiger partial charge in [-0.05, 0) is 19.1 Å². The van der Waals surface area contributed by atoms with Gasteiger partial charge in [-0.15, -0.1) is 0 Å². The molecule has 0 fully saturated rings. The predicted molar refractivity (Wildman–Crippen MR) is 67.6 cm³/mol. The van der Waals surface area contributed by atoms with Gasteiger partial charge in [0, 0.05) is 18.5 Å². The second-order valence-corrected chi connectivity index (χ2v) is 3.96. The van der Waals surface area contributed by atoms with Crippen LogP contribution in [0.25, 0.3) is 0 Å². The van der Waals surface area contributed by atoms with Crippen LogP contribution < -0.4 is 10.6 Å². The Balaban J connectivity index is 1.73. The van der Waals surface area contributed by atoms with Crippen molar-refractivity contribution in [2.45, 2.75) is 13.3 Å². The van der Waals surface area contributed by atoms with E-state index in [-0.39, 0.29) is 30.5 Å². The van der Waals surface area contributed by atoms with Crippen LogP contribution in [0.5, 0.6) is 0 Å². The second kappa shape index (κ2) is 5.85. The lowest BCUT2D eigenvalue weighted by Gasteiger charge is -2.04. The fraction of sp³-hybridized carbons (Fsp3) is 0.250. The summed E-state index contributed by atoms with van der Waals surface area (Å²) in [4.78, 5) is 23.1. The van der Waals surface area contributed by atoms with E-state index in [9.17, 15) is 9.59 Å². The molecule has 19 heavy (non-hydrogen) atoms. The lowest BCUT2D eigenvalue weighted by molar-refractivity contribution is -0.116. The average molecular weight is 262 g/mol. The number of amides is 2. The summed E-state index contributed by atoms with van der Waals surface area (Å²) in [5.41, 5.74) is 0.855. The molecule has 0 saturated carbocycles. The number of nitrogens with zero attached hydrogens (tertiary/aromatic N) is 1. The Hall–Kier alpha value is -2.57. The minimum atomic E-state index is -0.337. The molecular weight excluding hydrogens is 248 g/mol. The zero-order valence-corrected chi connectivity index (χ0v) is 10.4. The van der Waals surface area contributed by atoms with Crippen molar-refractivity contribution in [3.63, 3.8) is 0 Å². The Morgan fingerprint density at radius 2 is 2.32 bits per heavy atom. The van der Waals surface area contributed by atoms with E-state index >= 15 is 0 Å². The molecule has 0 aliphatic rings. The molecule has 0 bridgehead atoms. The summed E-state index contributed by atoms with van der Waals surface area (Å²) >= 11 is 0. The van der Waals surface area contributed by atoms with Crippen LogP contribution in [-0.2, 0) is 4.79 Å². The van der Waals surface area contributed by atoms with E-state index in [4.69, 9.17) is 4.42 Å². The van der Waals surface area contributed by atoms with E-state index < -0.39 is 0 Å². The highest BCUT2D eigenvalue weighted by molar-refractivity contribution is 5.93. The molecule has 3 N–H and O–H groups in total. The standard InChI is InChI=1S/C12H14N4O3/c1-8-7-14-16-11(8)15-10(17)4-5-13-12(18)9-3-2-6-19-9/h2-3,6-7H,4-5H2,1H3,(H,13,18)(H2,14,15,16,17). The number of aromatic nitrogens is 2. The van der Waals surface area contributed by atoms with E-state index in [1.807, 2.05) is 6.92 Å². The molecule has 0 aliphatic carbocycles. The summed E-state index contributed by atoms with van der Waals surface area (Å²) in [5.74, 6) is 0.259. The number of hydrogen-bond donors (Lipinski definition) is 3. The van der Waals surface area contributed by atoms with E-state index in [1.165, 1.54) is 6.26 Å². The number of rotatable bonds is 5. The molecule has 0 spiro atoms. The van der Waals surface area contributed by atoms with E-state index in [1.54, 1.807) is 18.3 Å². The zero-order valence-electron chi connectivity index (χ0n) is 10.4. The smallest absolute Gasteiger partial charge is 0.286 e. The molecule has 0 saturated heterocycles. The molecule has 2 rings (SSSR count). The van der Waals surface area contributed by atoms with Gasteiger partial charge in [-0.1, -0.05) is 0 Å². The fourth-order valence-corrected chi connectivity index (χ4v) is 1.46. The van der Waals surface area contributed by atoms with Gasteiger partial charge in [0.1, 0.15) is 5.82 Å². The van der Waals surface area contributed by atoms with Crippen molar-refractivity contribution in [1.82, 2.24) is 15.5 Å². The van der Waals surface area contributed by atoms with Gasteiger partial charge in [0.15, 0.2) is 5.76 Å². The molecule has 2 aromatic rings. The molecule has 0 aliphatic heterocycles. The van der Waals surface area contributed by atoms with Crippen molar-refractivity contribution in [2.75, 3.05) is 11.9 Å². The second-order valence-electron chi connectivity index (χ2n) is 3.96.